The van der Waals surface area contributed by atoms with E-state index in [2.05, 4.69) is 23.2 Å². The monoisotopic (exact) mass is 122 g/mol. The van der Waals surface area contributed by atoms with E-state index in [1.165, 1.54) is 11.1 Å². The first kappa shape index (κ1) is 9.12. The summed E-state index contributed by atoms with van der Waals surface area (Å²) in [6.07, 6.45) is 0. The standard InChI is InChI=1S/2CClN/c2*2-1-3. The summed E-state index contributed by atoms with van der Waals surface area (Å²) in [4.78, 5) is 0. The summed E-state index contributed by atoms with van der Waals surface area (Å²) in [5.74, 6) is 0. The highest BCUT2D eigenvalue weighted by Crippen LogP contribution is 1.49. The average molecular weight is 123 g/mol. The number of hydrogen-bond acceptors (Lipinski definition) is 2. The van der Waals surface area contributed by atoms with Crippen LogP contribution in [-0.2, 0) is 0 Å². The molecule has 0 bridgehead atoms. The van der Waals surface area contributed by atoms with E-state index < -0.39 is 0 Å². The maximum absolute atomic E-state index is 7.08. The third-order valence-electron chi connectivity index (χ3n) is 0. The Morgan fingerprint density at radius 1 is 1.00 bits per heavy atom. The van der Waals surface area contributed by atoms with Gasteiger partial charge in [0.25, 0.3) is 0 Å². The molecular formula is C2Cl2N2. The second kappa shape index (κ2) is 23.7. The molecule has 0 unspecified atom stereocenters. The predicted molar refractivity (Wildman–Crippen MR) is 22.9 cm³/mol. The van der Waals surface area contributed by atoms with Crippen LogP contribution in [0, 0.1) is 21.6 Å². The lowest BCUT2D eigenvalue weighted by atomic mass is 11.8. The SMILES string of the molecule is N#CCl.N#CCl. The van der Waals surface area contributed by atoms with Gasteiger partial charge in [0.2, 0.25) is 0 Å². The van der Waals surface area contributed by atoms with Gasteiger partial charge in [-0.3, -0.25) is 0 Å². The first-order valence-corrected chi connectivity index (χ1v) is 1.58. The summed E-state index contributed by atoms with van der Waals surface area (Å²) in [6.45, 7) is 0. The molecule has 32 valence electrons. The third kappa shape index (κ3) is 121. The van der Waals surface area contributed by atoms with E-state index in [9.17, 15) is 0 Å². The zero-order chi connectivity index (χ0) is 5.41. The van der Waals surface area contributed by atoms with Crippen LogP contribution >= 0.6 is 23.2 Å². The van der Waals surface area contributed by atoms with E-state index >= 15 is 0 Å². The van der Waals surface area contributed by atoms with Gasteiger partial charge in [0.15, 0.2) is 11.1 Å². The molecule has 6 heavy (non-hydrogen) atoms. The van der Waals surface area contributed by atoms with Crippen LogP contribution < -0.4 is 0 Å². The van der Waals surface area contributed by atoms with E-state index in [0.29, 0.717) is 0 Å². The summed E-state index contributed by atoms with van der Waals surface area (Å²) >= 11 is 8.61. The largest absolute Gasteiger partial charge is 0.179 e. The molecule has 0 aromatic carbocycles. The van der Waals surface area contributed by atoms with E-state index in [1.54, 1.807) is 0 Å². The molecule has 0 aliphatic rings. The van der Waals surface area contributed by atoms with Crippen LogP contribution in [0.3, 0.4) is 0 Å². The van der Waals surface area contributed by atoms with E-state index in [1.807, 2.05) is 0 Å². The lowest BCUT2D eigenvalue weighted by Gasteiger charge is -1.10. The fourth-order valence-corrected chi connectivity index (χ4v) is 0. The highest BCUT2D eigenvalue weighted by atomic mass is 35.5. The highest BCUT2D eigenvalue weighted by molar-refractivity contribution is 6.29. The number of halogens is 2. The van der Waals surface area contributed by atoms with Gasteiger partial charge in [-0.25, -0.2) is 0 Å². The Labute approximate surface area is 45.5 Å². The smallest absolute Gasteiger partial charge is 0.173 e. The maximum atomic E-state index is 7.08. The van der Waals surface area contributed by atoms with Gasteiger partial charge in [0.05, 0.1) is 0 Å². The molecule has 0 saturated carbocycles. The molecule has 4 heteroatoms. The molecule has 0 aliphatic carbocycles. The van der Waals surface area contributed by atoms with Crippen molar-refractivity contribution < 1.29 is 0 Å². The van der Waals surface area contributed by atoms with Crippen LogP contribution in [0.25, 0.3) is 0 Å². The minimum absolute atomic E-state index is 1.22. The molecule has 0 saturated heterocycles. The van der Waals surface area contributed by atoms with Crippen molar-refractivity contribution in [2.75, 3.05) is 0 Å². The fourth-order valence-electron chi connectivity index (χ4n) is 0. The number of nitriles is 2. The molecule has 0 radical (unpaired) electrons. The third-order valence-corrected chi connectivity index (χ3v) is 0. The van der Waals surface area contributed by atoms with Gasteiger partial charge in [-0.15, -0.1) is 0 Å². The van der Waals surface area contributed by atoms with Gasteiger partial charge in [-0.2, -0.15) is 10.5 Å². The predicted octanol–water partition coefficient (Wildman–Crippen LogP) is 1.41. The summed E-state index contributed by atoms with van der Waals surface area (Å²) in [5.41, 5.74) is 2.44. The molecule has 0 fully saturated rings. The van der Waals surface area contributed by atoms with E-state index in [-0.39, 0.29) is 0 Å². The summed E-state index contributed by atoms with van der Waals surface area (Å²) < 4.78 is 0. The van der Waals surface area contributed by atoms with Crippen LogP contribution in [0.1, 0.15) is 0 Å². The summed E-state index contributed by atoms with van der Waals surface area (Å²) in [6, 6.07) is 0. The Morgan fingerprint density at radius 3 is 1.00 bits per heavy atom. The second-order valence-electron chi connectivity index (χ2n) is 0.169. The lowest BCUT2D eigenvalue weighted by molar-refractivity contribution is 1.57. The maximum Gasteiger partial charge on any atom is 0.173 e. The van der Waals surface area contributed by atoms with Gasteiger partial charge in [0, 0.05) is 23.2 Å². The van der Waals surface area contributed by atoms with Crippen LogP contribution in [0.2, 0.25) is 0 Å². The number of rotatable bonds is 0. The molecule has 0 aromatic rings. The molecule has 0 heterocycles. The molecule has 0 rings (SSSR count). The summed E-state index contributed by atoms with van der Waals surface area (Å²) in [7, 11) is 0. The summed E-state index contributed by atoms with van der Waals surface area (Å²) in [5, 5.41) is 14.2. The van der Waals surface area contributed by atoms with Crippen molar-refractivity contribution in [3.8, 4) is 11.1 Å². The minimum atomic E-state index is 1.22. The van der Waals surface area contributed by atoms with Gasteiger partial charge in [-0.1, -0.05) is 0 Å². The Bertz CT molecular complexity index is 64.5. The lowest BCUT2D eigenvalue weighted by Crippen LogP contribution is -0.952. The Hall–Kier alpha value is -0.440. The van der Waals surface area contributed by atoms with Gasteiger partial charge in [0.1, 0.15) is 0 Å². The van der Waals surface area contributed by atoms with Crippen molar-refractivity contribution in [2.24, 2.45) is 0 Å². The normalized spacial score (nSPS) is 2.67. The molecule has 0 atom stereocenters. The first-order valence-electron chi connectivity index (χ1n) is 0.825. The molecule has 0 aromatic heterocycles. The molecular weight excluding hydrogens is 123 g/mol. The zero-order valence-corrected chi connectivity index (χ0v) is 4.16. The highest BCUT2D eigenvalue weighted by Gasteiger charge is 1.23. The zero-order valence-electron chi connectivity index (χ0n) is 2.65. The van der Waals surface area contributed by atoms with Crippen molar-refractivity contribution in [3.63, 3.8) is 0 Å². The quantitative estimate of drug-likeness (QED) is 0.488. The van der Waals surface area contributed by atoms with Crippen LogP contribution in [0.15, 0.2) is 0 Å². The van der Waals surface area contributed by atoms with Crippen molar-refractivity contribution in [2.45, 2.75) is 0 Å². The van der Waals surface area contributed by atoms with Crippen LogP contribution in [0.5, 0.6) is 0 Å². The van der Waals surface area contributed by atoms with Crippen LogP contribution in [0.4, 0.5) is 0 Å². The van der Waals surface area contributed by atoms with Crippen molar-refractivity contribution in [3.05, 3.63) is 0 Å². The molecule has 0 spiro atoms. The van der Waals surface area contributed by atoms with Crippen LogP contribution in [-0.4, -0.2) is 0 Å². The van der Waals surface area contributed by atoms with Crippen molar-refractivity contribution in [1.82, 2.24) is 0 Å². The Morgan fingerprint density at radius 2 is 1.00 bits per heavy atom. The van der Waals surface area contributed by atoms with E-state index in [0.717, 1.165) is 0 Å². The molecule has 0 N–H and O–H groups in total. The second-order valence-corrected chi connectivity index (χ2v) is 0.507. The fraction of sp³-hybridized carbons (Fsp3) is 0. The molecule has 0 amide bonds. The average Bonchev–Trinajstić information content (AvgIpc) is 1.39. The minimum Gasteiger partial charge on any atom is -0.179 e. The van der Waals surface area contributed by atoms with Crippen molar-refractivity contribution in [1.29, 1.82) is 10.5 Å². The van der Waals surface area contributed by atoms with Gasteiger partial charge < -0.3 is 0 Å². The Balaban J connectivity index is 0. The topological polar surface area (TPSA) is 47.6 Å². The van der Waals surface area contributed by atoms with E-state index in [4.69, 9.17) is 10.5 Å². The Kier molecular flexibility index (Phi) is 36.1. The molecule has 2 nitrogen and oxygen atoms in total. The molecule has 0 aliphatic heterocycles. The van der Waals surface area contributed by atoms with Gasteiger partial charge >= 0.3 is 0 Å². The number of hydrogen-bond donors (Lipinski definition) is 0. The van der Waals surface area contributed by atoms with Crippen molar-refractivity contribution >= 4 is 23.2 Å². The number of nitrogens with zero attached hydrogens (tertiary/aromatic N) is 2. The first-order chi connectivity index (χ1) is 2.83. The van der Waals surface area contributed by atoms with Gasteiger partial charge in [-0.05, 0) is 0 Å².